The highest BCUT2D eigenvalue weighted by molar-refractivity contribution is 6.21. The van der Waals surface area contributed by atoms with Crippen molar-refractivity contribution in [2.24, 2.45) is 0 Å². The molecule has 0 aliphatic rings. The number of aromatic nitrogens is 4. The van der Waals surface area contributed by atoms with Crippen molar-refractivity contribution in [2.45, 2.75) is 0 Å². The first-order chi connectivity index (χ1) is 28.7. The Bertz CT molecular complexity index is 3570. The SMILES string of the molecule is c1ccc(-c2nc(-c3ccc(-n4c5cc6ccccc6cc5c5ccc6ccccc6c54)c(-c4ccccc4)c3)nc(-c3ccc4c(c3)oc3ccccc34)n2)cc1. The topological polar surface area (TPSA) is 56.7 Å². The number of hydrogen-bond donors (Lipinski definition) is 0. The Balaban J connectivity index is 1.12. The van der Waals surface area contributed by atoms with Crippen LogP contribution in [0.5, 0.6) is 0 Å². The van der Waals surface area contributed by atoms with E-state index in [1.165, 1.54) is 37.8 Å². The molecule has 5 heteroatoms. The predicted octanol–water partition coefficient (Wildman–Crippen LogP) is 13.8. The van der Waals surface area contributed by atoms with Gasteiger partial charge in [0.1, 0.15) is 11.2 Å². The summed E-state index contributed by atoms with van der Waals surface area (Å²) in [5.74, 6) is 1.78. The summed E-state index contributed by atoms with van der Waals surface area (Å²) in [5.41, 5.74) is 9.91. The number of para-hydroxylation sites is 1. The molecule has 0 unspecified atom stereocenters. The van der Waals surface area contributed by atoms with Crippen LogP contribution in [-0.2, 0) is 0 Å². The van der Waals surface area contributed by atoms with Crippen molar-refractivity contribution < 1.29 is 4.42 Å². The van der Waals surface area contributed by atoms with Crippen molar-refractivity contribution in [3.05, 3.63) is 194 Å². The fourth-order valence-electron chi connectivity index (χ4n) is 8.65. The number of nitrogens with zero attached hydrogens (tertiary/aromatic N) is 4. The molecule has 3 aromatic heterocycles. The van der Waals surface area contributed by atoms with Crippen LogP contribution in [0.3, 0.4) is 0 Å². The van der Waals surface area contributed by atoms with Crippen LogP contribution in [0, 0.1) is 0 Å². The highest BCUT2D eigenvalue weighted by Gasteiger charge is 2.21. The largest absolute Gasteiger partial charge is 0.456 e. The average molecular weight is 741 g/mol. The van der Waals surface area contributed by atoms with Gasteiger partial charge < -0.3 is 8.98 Å². The molecular formula is C53H32N4O. The van der Waals surface area contributed by atoms with E-state index in [1.807, 2.05) is 54.6 Å². The minimum absolute atomic E-state index is 0.581. The maximum atomic E-state index is 6.30. The monoisotopic (exact) mass is 740 g/mol. The van der Waals surface area contributed by atoms with E-state index in [4.69, 9.17) is 19.4 Å². The van der Waals surface area contributed by atoms with Crippen LogP contribution in [0.25, 0.3) is 116 Å². The fourth-order valence-corrected chi connectivity index (χ4v) is 8.65. The third-order valence-corrected chi connectivity index (χ3v) is 11.4. The molecule has 0 atom stereocenters. The zero-order valence-corrected chi connectivity index (χ0v) is 31.2. The molecule has 270 valence electrons. The van der Waals surface area contributed by atoms with E-state index in [2.05, 4.69) is 144 Å². The van der Waals surface area contributed by atoms with Gasteiger partial charge in [0.05, 0.1) is 16.7 Å². The normalized spacial score (nSPS) is 11.8. The van der Waals surface area contributed by atoms with E-state index < -0.39 is 0 Å². The second-order valence-electron chi connectivity index (χ2n) is 14.8. The summed E-state index contributed by atoms with van der Waals surface area (Å²) < 4.78 is 8.76. The lowest BCUT2D eigenvalue weighted by Crippen LogP contribution is -2.02. The summed E-state index contributed by atoms with van der Waals surface area (Å²) in [6.07, 6.45) is 0. The van der Waals surface area contributed by atoms with Crippen LogP contribution in [0.4, 0.5) is 0 Å². The third kappa shape index (κ3) is 5.14. The Morgan fingerprint density at radius 3 is 1.69 bits per heavy atom. The molecule has 3 heterocycles. The van der Waals surface area contributed by atoms with Crippen molar-refractivity contribution in [2.75, 3.05) is 0 Å². The molecule has 0 radical (unpaired) electrons. The molecule has 58 heavy (non-hydrogen) atoms. The number of benzene rings is 9. The molecule has 0 aliphatic heterocycles. The molecule has 5 nitrogen and oxygen atoms in total. The molecular weight excluding hydrogens is 709 g/mol. The first kappa shape index (κ1) is 32.4. The predicted molar refractivity (Wildman–Crippen MR) is 238 cm³/mol. The molecule has 0 amide bonds. The summed E-state index contributed by atoms with van der Waals surface area (Å²) in [5, 5.41) is 9.42. The Morgan fingerprint density at radius 2 is 0.914 bits per heavy atom. The number of fused-ring (bicyclic) bond motifs is 9. The van der Waals surface area contributed by atoms with Gasteiger partial charge in [0.25, 0.3) is 0 Å². The van der Waals surface area contributed by atoms with E-state index in [-0.39, 0.29) is 0 Å². The molecule has 0 spiro atoms. The van der Waals surface area contributed by atoms with Crippen LogP contribution in [-0.4, -0.2) is 19.5 Å². The molecule has 12 rings (SSSR count). The van der Waals surface area contributed by atoms with Gasteiger partial charge in [-0.25, -0.2) is 15.0 Å². The van der Waals surface area contributed by atoms with Gasteiger partial charge in [-0.2, -0.15) is 0 Å². The quantitative estimate of drug-likeness (QED) is 0.176. The number of rotatable bonds is 5. The van der Waals surface area contributed by atoms with E-state index in [9.17, 15) is 0 Å². The molecule has 0 aliphatic carbocycles. The average Bonchev–Trinajstić information content (AvgIpc) is 3.83. The van der Waals surface area contributed by atoms with Crippen molar-refractivity contribution >= 4 is 65.3 Å². The molecule has 0 bridgehead atoms. The standard InChI is InChI=1S/C53H32N4O/c1-3-13-33(14-4-1)44-30-38(25-28-46(44)57-47-31-37-19-8-7-18-36(37)29-45(47)43-27-23-34-15-9-10-20-40(34)50(43)57)52-54-51(35-16-5-2-6-17-35)55-53(56-52)39-24-26-42-41-21-11-12-22-48(41)58-49(42)32-39/h1-32H. The van der Waals surface area contributed by atoms with Crippen LogP contribution < -0.4 is 0 Å². The van der Waals surface area contributed by atoms with Gasteiger partial charge in [-0.1, -0.05) is 146 Å². The van der Waals surface area contributed by atoms with Gasteiger partial charge in [-0.3, -0.25) is 0 Å². The van der Waals surface area contributed by atoms with Gasteiger partial charge in [0.2, 0.25) is 0 Å². The first-order valence-electron chi connectivity index (χ1n) is 19.5. The van der Waals surface area contributed by atoms with E-state index >= 15 is 0 Å². The van der Waals surface area contributed by atoms with E-state index in [0.29, 0.717) is 17.5 Å². The van der Waals surface area contributed by atoms with Crippen LogP contribution in [0.2, 0.25) is 0 Å². The van der Waals surface area contributed by atoms with Crippen molar-refractivity contribution in [3.63, 3.8) is 0 Å². The lowest BCUT2D eigenvalue weighted by Gasteiger charge is -2.17. The Labute approximate surface area is 333 Å². The first-order valence-corrected chi connectivity index (χ1v) is 19.5. The fraction of sp³-hybridized carbons (Fsp3) is 0. The van der Waals surface area contributed by atoms with Crippen LogP contribution in [0.15, 0.2) is 199 Å². The van der Waals surface area contributed by atoms with Crippen LogP contribution in [0.1, 0.15) is 0 Å². The summed E-state index contributed by atoms with van der Waals surface area (Å²) in [7, 11) is 0. The van der Waals surface area contributed by atoms with Gasteiger partial charge in [0.15, 0.2) is 17.5 Å². The van der Waals surface area contributed by atoms with Crippen molar-refractivity contribution in [3.8, 4) is 51.0 Å². The minimum atomic E-state index is 0.581. The van der Waals surface area contributed by atoms with Gasteiger partial charge in [0, 0.05) is 49.2 Å². The Hall–Kier alpha value is -7.89. The lowest BCUT2D eigenvalue weighted by molar-refractivity contribution is 0.669. The maximum absolute atomic E-state index is 6.30. The zero-order valence-electron chi connectivity index (χ0n) is 31.2. The van der Waals surface area contributed by atoms with E-state index in [1.54, 1.807) is 0 Å². The second-order valence-corrected chi connectivity index (χ2v) is 14.8. The summed E-state index contributed by atoms with van der Waals surface area (Å²) in [6.45, 7) is 0. The summed E-state index contributed by atoms with van der Waals surface area (Å²) in [4.78, 5) is 15.4. The molecule has 9 aromatic carbocycles. The highest BCUT2D eigenvalue weighted by Crippen LogP contribution is 2.42. The maximum Gasteiger partial charge on any atom is 0.164 e. The van der Waals surface area contributed by atoms with Gasteiger partial charge in [-0.15, -0.1) is 0 Å². The van der Waals surface area contributed by atoms with Crippen molar-refractivity contribution in [1.29, 1.82) is 0 Å². The second kappa shape index (κ2) is 12.8. The summed E-state index contributed by atoms with van der Waals surface area (Å²) in [6, 6.07) is 68.2. The van der Waals surface area contributed by atoms with Crippen molar-refractivity contribution in [1.82, 2.24) is 19.5 Å². The Kier molecular flexibility index (Phi) is 7.16. The molecule has 0 saturated heterocycles. The molecule has 0 N–H and O–H groups in total. The third-order valence-electron chi connectivity index (χ3n) is 11.4. The number of hydrogen-bond acceptors (Lipinski definition) is 4. The van der Waals surface area contributed by atoms with Gasteiger partial charge in [-0.05, 0) is 70.3 Å². The zero-order chi connectivity index (χ0) is 38.2. The highest BCUT2D eigenvalue weighted by atomic mass is 16.3. The lowest BCUT2D eigenvalue weighted by atomic mass is 9.99. The molecule has 0 saturated carbocycles. The Morgan fingerprint density at radius 1 is 0.345 bits per heavy atom. The molecule has 12 aromatic rings. The van der Waals surface area contributed by atoms with E-state index in [0.717, 1.165) is 61.0 Å². The summed E-state index contributed by atoms with van der Waals surface area (Å²) >= 11 is 0. The smallest absolute Gasteiger partial charge is 0.164 e. The number of furan rings is 1. The molecule has 0 fully saturated rings. The van der Waals surface area contributed by atoms with Crippen LogP contribution >= 0.6 is 0 Å². The van der Waals surface area contributed by atoms with Gasteiger partial charge >= 0.3 is 0 Å². The minimum Gasteiger partial charge on any atom is -0.456 e.